The summed E-state index contributed by atoms with van der Waals surface area (Å²) in [5.74, 6) is 0.0419. The topological polar surface area (TPSA) is 75.9 Å². The van der Waals surface area contributed by atoms with Crippen molar-refractivity contribution in [2.45, 2.75) is 6.92 Å². The molecular weight excluding hydrogens is 233 g/mol. The second-order valence-electron chi connectivity index (χ2n) is 3.85. The number of aromatic nitrogens is 2. The zero-order valence-corrected chi connectivity index (χ0v) is 10.2. The van der Waals surface area contributed by atoms with Gasteiger partial charge in [-0.05, 0) is 25.1 Å². The first-order chi connectivity index (χ1) is 8.60. The lowest BCUT2D eigenvalue weighted by molar-refractivity contribution is 0.632. The number of aryl methyl sites for hydroxylation is 1. The molecule has 0 unspecified atom stereocenters. The van der Waals surface area contributed by atoms with Crippen molar-refractivity contribution >= 4 is 22.9 Å². The van der Waals surface area contributed by atoms with Crippen molar-refractivity contribution in [3.63, 3.8) is 0 Å². The van der Waals surface area contributed by atoms with Gasteiger partial charge in [0, 0.05) is 13.1 Å². The maximum atomic E-state index is 13.7. The van der Waals surface area contributed by atoms with E-state index in [-0.39, 0.29) is 0 Å². The summed E-state index contributed by atoms with van der Waals surface area (Å²) < 4.78 is 13.7. The number of anilines is 4. The highest BCUT2D eigenvalue weighted by Gasteiger charge is 2.08. The van der Waals surface area contributed by atoms with Gasteiger partial charge in [-0.2, -0.15) is 5.10 Å². The number of benzene rings is 1. The van der Waals surface area contributed by atoms with Gasteiger partial charge in [-0.15, -0.1) is 5.10 Å². The quantitative estimate of drug-likeness (QED) is 0.725. The predicted octanol–water partition coefficient (Wildman–Crippen LogP) is 2.29. The molecule has 4 N–H and O–H groups in total. The molecule has 18 heavy (non-hydrogen) atoms. The molecule has 0 saturated heterocycles. The van der Waals surface area contributed by atoms with Crippen LogP contribution in [0, 0.1) is 12.7 Å². The summed E-state index contributed by atoms with van der Waals surface area (Å²) in [6.45, 7) is 1.83. The first-order valence-corrected chi connectivity index (χ1v) is 5.44. The summed E-state index contributed by atoms with van der Waals surface area (Å²) in [5, 5.41) is 13.6. The van der Waals surface area contributed by atoms with Gasteiger partial charge >= 0.3 is 0 Å². The molecule has 6 heteroatoms. The van der Waals surface area contributed by atoms with Crippen LogP contribution < -0.4 is 16.4 Å². The van der Waals surface area contributed by atoms with E-state index in [0.717, 1.165) is 5.69 Å². The summed E-state index contributed by atoms with van der Waals surface area (Å²) in [7, 11) is 1.72. The van der Waals surface area contributed by atoms with E-state index in [1.54, 1.807) is 25.2 Å². The van der Waals surface area contributed by atoms with Crippen molar-refractivity contribution in [3.8, 4) is 0 Å². The van der Waals surface area contributed by atoms with Crippen LogP contribution in [0.25, 0.3) is 0 Å². The van der Waals surface area contributed by atoms with E-state index in [1.807, 2.05) is 6.92 Å². The lowest BCUT2D eigenvalue weighted by Gasteiger charge is -2.11. The Kier molecular flexibility index (Phi) is 3.27. The van der Waals surface area contributed by atoms with E-state index in [1.165, 1.54) is 6.07 Å². The van der Waals surface area contributed by atoms with E-state index in [9.17, 15) is 4.39 Å². The fourth-order valence-electron chi connectivity index (χ4n) is 1.50. The van der Waals surface area contributed by atoms with E-state index in [0.29, 0.717) is 22.9 Å². The molecule has 0 aliphatic rings. The van der Waals surface area contributed by atoms with Gasteiger partial charge in [-0.25, -0.2) is 4.39 Å². The molecule has 94 valence electrons. The molecule has 0 radical (unpaired) electrons. The Balaban J connectivity index is 2.31. The highest BCUT2D eigenvalue weighted by Crippen LogP contribution is 2.27. The minimum atomic E-state index is -0.436. The van der Waals surface area contributed by atoms with Crippen LogP contribution in [0.5, 0.6) is 0 Å². The van der Waals surface area contributed by atoms with Gasteiger partial charge in [0.25, 0.3) is 0 Å². The zero-order chi connectivity index (χ0) is 13.1. The molecule has 1 heterocycles. The SMILES string of the molecule is CNc1cc(Nc2ccc(C)nn2)c(F)cc1N. The third-order valence-electron chi connectivity index (χ3n) is 2.47. The number of hydrogen-bond donors (Lipinski definition) is 3. The number of halogens is 1. The molecule has 2 rings (SSSR count). The van der Waals surface area contributed by atoms with Gasteiger partial charge in [0.15, 0.2) is 5.82 Å². The van der Waals surface area contributed by atoms with Gasteiger partial charge < -0.3 is 16.4 Å². The standard InChI is InChI=1S/C12H14FN5/c1-7-3-4-12(18-17-7)16-10-6-11(15-2)9(14)5-8(10)13/h3-6,15H,14H2,1-2H3,(H,16,18). The molecule has 0 aliphatic heterocycles. The first-order valence-electron chi connectivity index (χ1n) is 5.44. The van der Waals surface area contributed by atoms with E-state index in [2.05, 4.69) is 20.8 Å². The van der Waals surface area contributed by atoms with Crippen LogP contribution in [0.1, 0.15) is 5.69 Å². The Hall–Kier alpha value is -2.37. The van der Waals surface area contributed by atoms with Crippen molar-refractivity contribution in [1.82, 2.24) is 10.2 Å². The lowest BCUT2D eigenvalue weighted by Crippen LogP contribution is -2.02. The number of hydrogen-bond acceptors (Lipinski definition) is 5. The van der Waals surface area contributed by atoms with Crippen molar-refractivity contribution in [2.24, 2.45) is 0 Å². The van der Waals surface area contributed by atoms with Crippen LogP contribution in [0.3, 0.4) is 0 Å². The molecule has 0 atom stereocenters. The Labute approximate surface area is 104 Å². The number of nitrogen functional groups attached to an aromatic ring is 1. The molecule has 2 aromatic rings. The third kappa shape index (κ3) is 2.48. The van der Waals surface area contributed by atoms with E-state index >= 15 is 0 Å². The second kappa shape index (κ2) is 4.87. The smallest absolute Gasteiger partial charge is 0.153 e. The number of rotatable bonds is 3. The van der Waals surface area contributed by atoms with Crippen LogP contribution in [-0.2, 0) is 0 Å². The lowest BCUT2D eigenvalue weighted by atomic mass is 10.2. The molecule has 0 bridgehead atoms. The first kappa shape index (κ1) is 12.1. The van der Waals surface area contributed by atoms with Gasteiger partial charge in [0.05, 0.1) is 22.8 Å². The summed E-state index contributed by atoms with van der Waals surface area (Å²) in [4.78, 5) is 0. The molecule has 0 fully saturated rings. The molecule has 0 amide bonds. The fourth-order valence-corrected chi connectivity index (χ4v) is 1.50. The van der Waals surface area contributed by atoms with Gasteiger partial charge in [0.1, 0.15) is 5.82 Å². The maximum absolute atomic E-state index is 13.7. The molecule has 1 aromatic carbocycles. The minimum absolute atomic E-state index is 0.298. The van der Waals surface area contributed by atoms with Gasteiger partial charge in [-0.1, -0.05) is 0 Å². The number of nitrogens with zero attached hydrogens (tertiary/aromatic N) is 2. The van der Waals surface area contributed by atoms with E-state index in [4.69, 9.17) is 5.73 Å². The summed E-state index contributed by atoms with van der Waals surface area (Å²) >= 11 is 0. The molecular formula is C12H14FN5. The average Bonchev–Trinajstić information content (AvgIpc) is 2.35. The van der Waals surface area contributed by atoms with Crippen LogP contribution in [0.2, 0.25) is 0 Å². The molecule has 5 nitrogen and oxygen atoms in total. The predicted molar refractivity (Wildman–Crippen MR) is 70.4 cm³/mol. The van der Waals surface area contributed by atoms with Gasteiger partial charge in [0.2, 0.25) is 0 Å². The van der Waals surface area contributed by atoms with Crippen LogP contribution in [-0.4, -0.2) is 17.2 Å². The highest BCUT2D eigenvalue weighted by molar-refractivity contribution is 5.73. The van der Waals surface area contributed by atoms with Crippen LogP contribution in [0.15, 0.2) is 24.3 Å². The monoisotopic (exact) mass is 247 g/mol. The van der Waals surface area contributed by atoms with Crippen molar-refractivity contribution in [2.75, 3.05) is 23.4 Å². The van der Waals surface area contributed by atoms with E-state index < -0.39 is 5.82 Å². The summed E-state index contributed by atoms with van der Waals surface area (Å²) in [6, 6.07) is 6.38. The molecule has 0 saturated carbocycles. The van der Waals surface area contributed by atoms with Gasteiger partial charge in [-0.3, -0.25) is 0 Å². The molecule has 0 spiro atoms. The largest absolute Gasteiger partial charge is 0.397 e. The van der Waals surface area contributed by atoms with Crippen molar-refractivity contribution in [3.05, 3.63) is 35.8 Å². The minimum Gasteiger partial charge on any atom is -0.397 e. The summed E-state index contributed by atoms with van der Waals surface area (Å²) in [6.07, 6.45) is 0. The fraction of sp³-hybridized carbons (Fsp3) is 0.167. The summed E-state index contributed by atoms with van der Waals surface area (Å²) in [5.41, 5.74) is 7.76. The Morgan fingerprint density at radius 3 is 2.56 bits per heavy atom. The van der Waals surface area contributed by atoms with Crippen molar-refractivity contribution in [1.29, 1.82) is 0 Å². The number of nitrogens with two attached hydrogens (primary N) is 1. The molecule has 0 aliphatic carbocycles. The average molecular weight is 247 g/mol. The van der Waals surface area contributed by atoms with Crippen LogP contribution >= 0.6 is 0 Å². The van der Waals surface area contributed by atoms with Crippen molar-refractivity contribution < 1.29 is 4.39 Å². The number of nitrogens with one attached hydrogen (secondary N) is 2. The Morgan fingerprint density at radius 2 is 1.94 bits per heavy atom. The Morgan fingerprint density at radius 1 is 1.17 bits per heavy atom. The third-order valence-corrected chi connectivity index (χ3v) is 2.47. The normalized spacial score (nSPS) is 10.2. The molecule has 1 aromatic heterocycles. The maximum Gasteiger partial charge on any atom is 0.153 e. The second-order valence-corrected chi connectivity index (χ2v) is 3.85. The Bertz CT molecular complexity index is 553. The zero-order valence-electron chi connectivity index (χ0n) is 10.2. The highest BCUT2D eigenvalue weighted by atomic mass is 19.1. The van der Waals surface area contributed by atoms with Crippen LogP contribution in [0.4, 0.5) is 27.3 Å².